The molecule has 0 saturated carbocycles. The number of ether oxygens (including phenoxy) is 1. The lowest BCUT2D eigenvalue weighted by molar-refractivity contribution is -0.0966. The number of carbonyl (C=O) groups excluding carboxylic acids is 1. The van der Waals surface area contributed by atoms with Crippen LogP contribution in [-0.4, -0.2) is 60.6 Å². The van der Waals surface area contributed by atoms with Crippen molar-refractivity contribution in [1.29, 1.82) is 0 Å². The highest BCUT2D eigenvalue weighted by atomic mass is 35.5. The van der Waals surface area contributed by atoms with Crippen molar-refractivity contribution in [3.8, 4) is 0 Å². The summed E-state index contributed by atoms with van der Waals surface area (Å²) in [6.07, 6.45) is 2.53. The number of anilines is 1. The monoisotopic (exact) mass is 487 g/mol. The van der Waals surface area contributed by atoms with E-state index in [0.29, 0.717) is 23.3 Å². The number of nitrogens with one attached hydrogen (secondary N) is 2. The third-order valence-corrected chi connectivity index (χ3v) is 6.85. The minimum Gasteiger partial charge on any atom is -0.378 e. The van der Waals surface area contributed by atoms with Gasteiger partial charge in [-0.1, -0.05) is 25.1 Å². The summed E-state index contributed by atoms with van der Waals surface area (Å²) in [5.74, 6) is 0.356. The zero-order valence-electron chi connectivity index (χ0n) is 19.1. The van der Waals surface area contributed by atoms with Gasteiger partial charge < -0.3 is 19.9 Å². The summed E-state index contributed by atoms with van der Waals surface area (Å²) in [4.78, 5) is 27.3. The number of aldehydes is 1. The first-order valence-corrected chi connectivity index (χ1v) is 11.6. The van der Waals surface area contributed by atoms with Crippen LogP contribution in [0.4, 0.5) is 9.66 Å². The van der Waals surface area contributed by atoms with Crippen LogP contribution in [0.1, 0.15) is 49.2 Å². The highest BCUT2D eigenvalue weighted by molar-refractivity contribution is 7.13. The molecule has 1 aliphatic rings. The number of likely N-dealkylation sites (N-methyl/N-ethyl adjacent to an activating group) is 1. The number of nitrogens with zero attached hydrogens (tertiary/aromatic N) is 3. The molecule has 0 spiro atoms. The molecule has 0 radical (unpaired) electrons. The highest BCUT2D eigenvalue weighted by Crippen LogP contribution is 2.35. The predicted molar refractivity (Wildman–Crippen MR) is 125 cm³/mol. The van der Waals surface area contributed by atoms with Gasteiger partial charge in [-0.25, -0.2) is 9.97 Å². The van der Waals surface area contributed by atoms with Crippen molar-refractivity contribution in [2.45, 2.75) is 51.2 Å². The summed E-state index contributed by atoms with van der Waals surface area (Å²) in [5.41, 5.74) is 0.914. The minimum absolute atomic E-state index is 0.0630. The molecule has 0 bridgehead atoms. The van der Waals surface area contributed by atoms with Crippen LogP contribution in [0.2, 0.25) is 5.15 Å². The molecule has 3 rings (SSSR count). The number of aryl methyl sites for hydroxylation is 1. The molecular weight excluding hydrogens is 457 g/mol. The van der Waals surface area contributed by atoms with Gasteiger partial charge in [0.15, 0.2) is 28.2 Å². The normalized spacial score (nSPS) is 18.7. The number of thiazole rings is 1. The maximum Gasteiger partial charge on any atom is 0.185 e. The Bertz CT molecular complexity index is 904. The van der Waals surface area contributed by atoms with Gasteiger partial charge in [0, 0.05) is 36.1 Å². The quantitative estimate of drug-likeness (QED) is 0.428. The minimum atomic E-state index is -0.659. The first-order valence-electron chi connectivity index (χ1n) is 10.3. The second kappa shape index (κ2) is 11.7. The molecule has 2 atom stereocenters. The third kappa shape index (κ3) is 6.06. The number of aromatic amines is 1. The van der Waals surface area contributed by atoms with Gasteiger partial charge in [0.05, 0.1) is 22.9 Å². The maximum atomic E-state index is 12.5. The van der Waals surface area contributed by atoms with Crippen molar-refractivity contribution >= 4 is 34.4 Å². The van der Waals surface area contributed by atoms with E-state index < -0.39 is 5.41 Å². The second-order valence-electron chi connectivity index (χ2n) is 7.91. The van der Waals surface area contributed by atoms with Crippen molar-refractivity contribution in [2.75, 3.05) is 32.1 Å². The summed E-state index contributed by atoms with van der Waals surface area (Å²) in [5, 5.41) is 6.54. The van der Waals surface area contributed by atoms with Crippen molar-refractivity contribution < 1.29 is 19.0 Å². The van der Waals surface area contributed by atoms with Gasteiger partial charge in [0.25, 0.3) is 0 Å². The van der Waals surface area contributed by atoms with Gasteiger partial charge in [-0.3, -0.25) is 9.74 Å². The summed E-state index contributed by atoms with van der Waals surface area (Å²) < 4.78 is 18.0. The zero-order valence-corrected chi connectivity index (χ0v) is 20.6. The first-order chi connectivity index (χ1) is 15.2. The average molecular weight is 488 g/mol. The van der Waals surface area contributed by atoms with Crippen LogP contribution in [0, 0.1) is 0 Å². The highest BCUT2D eigenvalue weighted by Gasteiger charge is 2.33. The standard InChI is InChI=1S/C15H24FN3O2S.C6H7ClN2O/c1-10(21-16)15(2,3)13-9-22-14(18-13)19-7-6-11(17-4)12(8-19)20-5;1-2-4-6(7)9-5(3-10)8-4/h9,11-12,17H,1,6-8H2,2-5H3;3H,2H2,1H3,(H,8,9)/t11?,12-;/m0./s1. The Balaban J connectivity index is 0.000000303. The van der Waals surface area contributed by atoms with Crippen LogP contribution >= 0.6 is 22.9 Å². The molecule has 0 aliphatic carbocycles. The van der Waals surface area contributed by atoms with E-state index in [2.05, 4.69) is 36.7 Å². The fourth-order valence-corrected chi connectivity index (χ4v) is 4.59. The van der Waals surface area contributed by atoms with Crippen LogP contribution in [0.15, 0.2) is 17.7 Å². The second-order valence-corrected chi connectivity index (χ2v) is 9.10. The molecule has 2 N–H and O–H groups in total. The molecule has 0 aromatic carbocycles. The van der Waals surface area contributed by atoms with E-state index in [-0.39, 0.29) is 11.9 Å². The van der Waals surface area contributed by atoms with E-state index in [1.54, 1.807) is 18.4 Å². The van der Waals surface area contributed by atoms with E-state index in [0.717, 1.165) is 42.5 Å². The number of rotatable bonds is 8. The van der Waals surface area contributed by atoms with Crippen LogP contribution in [0.5, 0.6) is 0 Å². The predicted octanol–water partition coefficient (Wildman–Crippen LogP) is 4.09. The lowest BCUT2D eigenvalue weighted by Gasteiger charge is -2.37. The maximum absolute atomic E-state index is 12.5. The molecule has 32 heavy (non-hydrogen) atoms. The van der Waals surface area contributed by atoms with Crippen molar-refractivity contribution in [1.82, 2.24) is 20.3 Å². The van der Waals surface area contributed by atoms with Gasteiger partial charge in [0.1, 0.15) is 0 Å². The number of hydrogen-bond donors (Lipinski definition) is 2. The molecule has 2 aromatic rings. The van der Waals surface area contributed by atoms with E-state index >= 15 is 0 Å². The first kappa shape index (κ1) is 26.2. The lowest BCUT2D eigenvalue weighted by Crippen LogP contribution is -2.52. The number of hydrogen-bond acceptors (Lipinski definition) is 8. The van der Waals surface area contributed by atoms with Gasteiger partial charge in [-0.2, -0.15) is 0 Å². The number of imidazole rings is 1. The topological polar surface area (TPSA) is 92.4 Å². The largest absolute Gasteiger partial charge is 0.378 e. The number of piperidine rings is 1. The lowest BCUT2D eigenvalue weighted by atomic mass is 9.88. The zero-order chi connectivity index (χ0) is 23.9. The van der Waals surface area contributed by atoms with Crippen molar-refractivity contribution in [3.05, 3.63) is 40.1 Å². The number of halogens is 2. The molecule has 3 heterocycles. The Labute approximate surface area is 197 Å². The van der Waals surface area contributed by atoms with E-state index in [1.165, 1.54) is 0 Å². The number of carbonyl (C=O) groups is 1. The molecule has 0 amide bonds. The number of H-pyrrole nitrogens is 1. The molecule has 11 heteroatoms. The SMILES string of the molecule is C=C(OF)C(C)(C)c1csc(N2CCC(NC)[C@@H](OC)C2)n1.CCc1[nH]c(C=O)nc1Cl. The Morgan fingerprint density at radius 3 is 2.75 bits per heavy atom. The summed E-state index contributed by atoms with van der Waals surface area (Å²) in [7, 11) is 3.69. The number of aromatic nitrogens is 3. The van der Waals surface area contributed by atoms with Crippen LogP contribution in [-0.2, 0) is 21.5 Å². The molecule has 1 unspecified atom stereocenters. The van der Waals surface area contributed by atoms with Crippen molar-refractivity contribution in [2.24, 2.45) is 0 Å². The van der Waals surface area contributed by atoms with Crippen LogP contribution < -0.4 is 10.2 Å². The molecule has 1 saturated heterocycles. The number of methoxy groups -OCH3 is 1. The van der Waals surface area contributed by atoms with E-state index in [1.807, 2.05) is 33.2 Å². The number of allylic oxidation sites excluding steroid dienone is 1. The molecule has 1 aliphatic heterocycles. The van der Waals surface area contributed by atoms with Gasteiger partial charge in [-0.15, -0.1) is 11.3 Å². The summed E-state index contributed by atoms with van der Waals surface area (Å²) >= 11 is 7.17. The molecule has 1 fully saturated rings. The fourth-order valence-electron chi connectivity index (χ4n) is 3.29. The molecule has 178 valence electrons. The van der Waals surface area contributed by atoms with Crippen LogP contribution in [0.3, 0.4) is 0 Å². The Morgan fingerprint density at radius 2 is 2.25 bits per heavy atom. The molecule has 8 nitrogen and oxygen atoms in total. The van der Waals surface area contributed by atoms with E-state index in [9.17, 15) is 9.32 Å². The van der Waals surface area contributed by atoms with E-state index in [4.69, 9.17) is 16.3 Å². The fraction of sp³-hybridized carbons (Fsp3) is 0.571. The van der Waals surface area contributed by atoms with Crippen molar-refractivity contribution in [3.63, 3.8) is 0 Å². The average Bonchev–Trinajstić information content (AvgIpc) is 3.45. The van der Waals surface area contributed by atoms with Gasteiger partial charge >= 0.3 is 0 Å². The molecular formula is C21H31ClFN5O3S. The van der Waals surface area contributed by atoms with Crippen LogP contribution in [0.25, 0.3) is 0 Å². The Kier molecular flexibility index (Phi) is 9.63. The van der Waals surface area contributed by atoms with Gasteiger partial charge in [-0.05, 0) is 33.7 Å². The Hall–Kier alpha value is -2.01. The Morgan fingerprint density at radius 1 is 1.53 bits per heavy atom. The smallest absolute Gasteiger partial charge is 0.185 e. The third-order valence-electron chi connectivity index (χ3n) is 5.64. The summed E-state index contributed by atoms with van der Waals surface area (Å²) in [6, 6.07) is 0.358. The molecule has 2 aromatic heterocycles. The van der Waals surface area contributed by atoms with Gasteiger partial charge in [0.2, 0.25) is 0 Å². The summed E-state index contributed by atoms with van der Waals surface area (Å²) in [6.45, 7) is 10.9.